The molecule has 0 atom stereocenters. The smallest absolute Gasteiger partial charge is 0.261 e. The summed E-state index contributed by atoms with van der Waals surface area (Å²) in [7, 11) is 1.70. The highest BCUT2D eigenvalue weighted by molar-refractivity contribution is 7.71. The average Bonchev–Trinajstić information content (AvgIpc) is 2.90. The van der Waals surface area contributed by atoms with Crippen LogP contribution in [-0.4, -0.2) is 22.6 Å². The summed E-state index contributed by atoms with van der Waals surface area (Å²) in [5.74, 6) is 0. The number of fused-ring (bicyclic) bond motifs is 1. The third-order valence-corrected chi connectivity index (χ3v) is 3.93. The van der Waals surface area contributed by atoms with Crippen LogP contribution in [0.2, 0.25) is 0 Å². The number of aromatic amines is 1. The van der Waals surface area contributed by atoms with Gasteiger partial charge in [-0.2, -0.15) is 0 Å². The Bertz CT molecular complexity index is 710. The van der Waals surface area contributed by atoms with Crippen molar-refractivity contribution in [3.63, 3.8) is 0 Å². The fourth-order valence-corrected chi connectivity index (χ4v) is 2.66. The number of rotatable bonds is 1. The lowest BCUT2D eigenvalue weighted by molar-refractivity contribution is 0.824. The van der Waals surface area contributed by atoms with E-state index in [2.05, 4.69) is 16.0 Å². The number of aromatic nitrogens is 2. The average molecular weight is 261 g/mol. The predicted molar refractivity (Wildman–Crippen MR) is 75.8 cm³/mol. The Balaban J connectivity index is 2.22. The van der Waals surface area contributed by atoms with Crippen LogP contribution < -0.4 is 10.5 Å². The molecule has 0 saturated carbocycles. The molecule has 4 nitrogen and oxygen atoms in total. The molecule has 1 aromatic carbocycles. The van der Waals surface area contributed by atoms with E-state index in [0.29, 0.717) is 10.2 Å². The van der Waals surface area contributed by atoms with E-state index in [4.69, 9.17) is 12.2 Å². The first-order valence-electron chi connectivity index (χ1n) is 6.15. The van der Waals surface area contributed by atoms with Gasteiger partial charge in [-0.3, -0.25) is 9.36 Å². The molecule has 1 saturated heterocycles. The second-order valence-electron chi connectivity index (χ2n) is 4.72. The van der Waals surface area contributed by atoms with Crippen molar-refractivity contribution >= 4 is 28.8 Å². The van der Waals surface area contributed by atoms with Crippen molar-refractivity contribution in [2.24, 2.45) is 7.05 Å². The minimum absolute atomic E-state index is 0.0326. The van der Waals surface area contributed by atoms with Crippen LogP contribution in [0.3, 0.4) is 0 Å². The van der Waals surface area contributed by atoms with Crippen LogP contribution in [0.15, 0.2) is 23.0 Å². The number of nitrogens with one attached hydrogen (secondary N) is 1. The normalized spacial score (nSPS) is 15.5. The number of anilines is 1. The van der Waals surface area contributed by atoms with Crippen LogP contribution in [0.25, 0.3) is 10.9 Å². The van der Waals surface area contributed by atoms with E-state index in [0.717, 1.165) is 24.3 Å². The third kappa shape index (κ3) is 1.75. The Morgan fingerprint density at radius 1 is 1.28 bits per heavy atom. The predicted octanol–water partition coefficient (Wildman–Crippen LogP) is 2.20. The monoisotopic (exact) mass is 261 g/mol. The molecule has 0 spiro atoms. The highest BCUT2D eigenvalue weighted by atomic mass is 32.1. The van der Waals surface area contributed by atoms with Gasteiger partial charge < -0.3 is 9.88 Å². The Morgan fingerprint density at radius 3 is 2.72 bits per heavy atom. The lowest BCUT2D eigenvalue weighted by Crippen LogP contribution is -2.21. The van der Waals surface area contributed by atoms with E-state index >= 15 is 0 Å². The van der Waals surface area contributed by atoms with E-state index in [1.165, 1.54) is 17.4 Å². The molecule has 0 unspecified atom stereocenters. The SMILES string of the molecule is Cn1c(=S)[nH]c2ccc(N3CCCC3)cc2c1=O. The first kappa shape index (κ1) is 11.5. The second kappa shape index (κ2) is 4.24. The van der Waals surface area contributed by atoms with Gasteiger partial charge in [0.1, 0.15) is 0 Å². The van der Waals surface area contributed by atoms with E-state index < -0.39 is 0 Å². The molecule has 0 aliphatic carbocycles. The zero-order valence-electron chi connectivity index (χ0n) is 10.3. The number of nitrogens with zero attached hydrogens (tertiary/aromatic N) is 2. The quantitative estimate of drug-likeness (QED) is 0.800. The molecular formula is C13H15N3OS. The van der Waals surface area contributed by atoms with Gasteiger partial charge in [0.05, 0.1) is 10.9 Å². The molecule has 3 rings (SSSR count). The summed E-state index contributed by atoms with van der Waals surface area (Å²) in [6.45, 7) is 2.16. The molecule has 1 N–H and O–H groups in total. The molecule has 0 amide bonds. The second-order valence-corrected chi connectivity index (χ2v) is 5.11. The molecule has 0 radical (unpaired) electrons. The van der Waals surface area contributed by atoms with Crippen LogP contribution in [0.1, 0.15) is 12.8 Å². The molecular weight excluding hydrogens is 246 g/mol. The standard InChI is InChI=1S/C13H15N3OS/c1-15-12(17)10-8-9(16-6-2-3-7-16)4-5-11(10)14-13(15)18/h4-5,8H,2-3,6-7H2,1H3,(H,14,18). The molecule has 1 aliphatic heterocycles. The molecule has 1 aliphatic rings. The molecule has 0 bridgehead atoms. The molecule has 2 aromatic rings. The van der Waals surface area contributed by atoms with Gasteiger partial charge in [0.2, 0.25) is 0 Å². The molecule has 2 heterocycles. The fourth-order valence-electron chi connectivity index (χ4n) is 2.46. The van der Waals surface area contributed by atoms with Crippen molar-refractivity contribution in [3.8, 4) is 0 Å². The topological polar surface area (TPSA) is 41.0 Å². The van der Waals surface area contributed by atoms with Gasteiger partial charge in [-0.25, -0.2) is 0 Å². The minimum atomic E-state index is -0.0326. The van der Waals surface area contributed by atoms with Crippen LogP contribution in [0.4, 0.5) is 5.69 Å². The number of benzene rings is 1. The number of H-pyrrole nitrogens is 1. The molecule has 1 fully saturated rings. The molecule has 5 heteroatoms. The Labute approximate surface area is 110 Å². The fraction of sp³-hybridized carbons (Fsp3) is 0.385. The van der Waals surface area contributed by atoms with E-state index in [-0.39, 0.29) is 5.56 Å². The first-order chi connectivity index (χ1) is 8.66. The summed E-state index contributed by atoms with van der Waals surface area (Å²) >= 11 is 5.11. The van der Waals surface area contributed by atoms with Gasteiger partial charge in [0.25, 0.3) is 5.56 Å². The summed E-state index contributed by atoms with van der Waals surface area (Å²) < 4.78 is 1.94. The van der Waals surface area contributed by atoms with Crippen LogP contribution >= 0.6 is 12.2 Å². The highest BCUT2D eigenvalue weighted by Gasteiger charge is 2.13. The van der Waals surface area contributed by atoms with Crippen LogP contribution in [-0.2, 0) is 7.05 Å². The molecule has 18 heavy (non-hydrogen) atoms. The van der Waals surface area contributed by atoms with Crippen LogP contribution in [0, 0.1) is 4.77 Å². The minimum Gasteiger partial charge on any atom is -0.372 e. The Kier molecular flexibility index (Phi) is 2.70. The van der Waals surface area contributed by atoms with Gasteiger partial charge in [0, 0.05) is 25.8 Å². The zero-order chi connectivity index (χ0) is 12.7. The third-order valence-electron chi connectivity index (χ3n) is 3.56. The number of hydrogen-bond acceptors (Lipinski definition) is 3. The summed E-state index contributed by atoms with van der Waals surface area (Å²) in [6, 6.07) is 5.97. The largest absolute Gasteiger partial charge is 0.372 e. The van der Waals surface area contributed by atoms with Gasteiger partial charge in [-0.05, 0) is 43.3 Å². The summed E-state index contributed by atoms with van der Waals surface area (Å²) in [5, 5.41) is 0.704. The summed E-state index contributed by atoms with van der Waals surface area (Å²) in [4.78, 5) is 17.6. The lowest BCUT2D eigenvalue weighted by Gasteiger charge is -2.17. The summed E-state index contributed by atoms with van der Waals surface area (Å²) in [5.41, 5.74) is 1.91. The maximum absolute atomic E-state index is 12.2. The van der Waals surface area contributed by atoms with E-state index in [9.17, 15) is 4.79 Å². The Hall–Kier alpha value is -1.62. The van der Waals surface area contributed by atoms with Gasteiger partial charge in [-0.15, -0.1) is 0 Å². The molecule has 1 aromatic heterocycles. The maximum atomic E-state index is 12.2. The van der Waals surface area contributed by atoms with Gasteiger partial charge in [-0.1, -0.05) is 0 Å². The van der Waals surface area contributed by atoms with Gasteiger partial charge in [0.15, 0.2) is 4.77 Å². The van der Waals surface area contributed by atoms with Crippen molar-refractivity contribution in [2.75, 3.05) is 18.0 Å². The van der Waals surface area contributed by atoms with Crippen LogP contribution in [0.5, 0.6) is 0 Å². The lowest BCUT2D eigenvalue weighted by atomic mass is 10.2. The van der Waals surface area contributed by atoms with Crippen molar-refractivity contribution in [1.82, 2.24) is 9.55 Å². The van der Waals surface area contributed by atoms with E-state index in [1.54, 1.807) is 7.05 Å². The maximum Gasteiger partial charge on any atom is 0.261 e. The Morgan fingerprint density at radius 2 is 2.00 bits per heavy atom. The van der Waals surface area contributed by atoms with Crippen molar-refractivity contribution in [1.29, 1.82) is 0 Å². The van der Waals surface area contributed by atoms with Gasteiger partial charge >= 0.3 is 0 Å². The number of hydrogen-bond donors (Lipinski definition) is 1. The molecule has 94 valence electrons. The van der Waals surface area contributed by atoms with E-state index in [1.807, 2.05) is 12.1 Å². The zero-order valence-corrected chi connectivity index (χ0v) is 11.1. The van der Waals surface area contributed by atoms with Crippen molar-refractivity contribution in [2.45, 2.75) is 12.8 Å². The summed E-state index contributed by atoms with van der Waals surface area (Å²) in [6.07, 6.45) is 2.46. The first-order valence-corrected chi connectivity index (χ1v) is 6.56. The van der Waals surface area contributed by atoms with Crippen molar-refractivity contribution in [3.05, 3.63) is 33.3 Å². The van der Waals surface area contributed by atoms with Crippen molar-refractivity contribution < 1.29 is 0 Å². The highest BCUT2D eigenvalue weighted by Crippen LogP contribution is 2.22.